The van der Waals surface area contributed by atoms with Crippen molar-refractivity contribution in [3.63, 3.8) is 0 Å². The van der Waals surface area contributed by atoms with Gasteiger partial charge in [0.05, 0.1) is 35.8 Å². The molecular formula is C12H12O18Y2. The van der Waals surface area contributed by atoms with Crippen molar-refractivity contribution < 1.29 is 155 Å². The van der Waals surface area contributed by atoms with E-state index in [2.05, 4.69) is 0 Å². The average Bonchev–Trinajstić information content (AvgIpc) is 2.64. The second-order valence-corrected chi connectivity index (χ2v) is 4.58. The summed E-state index contributed by atoms with van der Waals surface area (Å²) in [5.74, 6) is -12.4. The van der Waals surface area contributed by atoms with Crippen molar-refractivity contribution in [2.45, 2.75) is 36.6 Å². The van der Waals surface area contributed by atoms with Gasteiger partial charge in [-0.15, -0.1) is 0 Å². The molecule has 0 rings (SSSR count). The first kappa shape index (κ1) is 41.1. The second kappa shape index (κ2) is 20.4. The van der Waals surface area contributed by atoms with E-state index in [0.717, 1.165) is 0 Å². The van der Waals surface area contributed by atoms with Gasteiger partial charge in [-0.1, -0.05) is 0 Å². The Labute approximate surface area is 226 Å². The van der Waals surface area contributed by atoms with Crippen LogP contribution in [0.4, 0.5) is 0 Å². The Bertz CT molecular complexity index is 498. The van der Waals surface area contributed by atoms with Crippen LogP contribution in [0.15, 0.2) is 0 Å². The van der Waals surface area contributed by atoms with Gasteiger partial charge in [-0.2, -0.15) is 0 Å². The number of aliphatic carboxylic acids is 6. The Morgan fingerprint density at radius 2 is 0.406 bits per heavy atom. The molecule has 0 bridgehead atoms. The van der Waals surface area contributed by atoms with Crippen molar-refractivity contribution in [1.82, 2.24) is 0 Å². The summed E-state index contributed by atoms with van der Waals surface area (Å²) < 4.78 is 0. The van der Waals surface area contributed by atoms with Crippen LogP contribution in [0.3, 0.4) is 0 Å². The van der Waals surface area contributed by atoms with Crippen molar-refractivity contribution in [1.29, 1.82) is 0 Å². The predicted molar refractivity (Wildman–Crippen MR) is 66.1 cm³/mol. The molecule has 6 unspecified atom stereocenters. The fraction of sp³-hybridized carbons (Fsp3) is 0.500. The standard InChI is InChI=1S/3C4H6O6.2Y/c3*5-1(3(7)8)2(6)4(9)10;;/h3*1-2,5-6H,(H,7,8)(H,9,10);;/q;;;2*+3/p-6. The van der Waals surface area contributed by atoms with E-state index >= 15 is 0 Å². The van der Waals surface area contributed by atoms with E-state index in [-0.39, 0.29) is 65.4 Å². The average molecular weight is 622 g/mol. The minimum atomic E-state index is -2.44. The molecule has 0 aromatic carbocycles. The van der Waals surface area contributed by atoms with Gasteiger partial charge in [0.1, 0.15) is 36.6 Å². The predicted octanol–water partition coefficient (Wildman–Crippen LogP) is -14.4. The molecule has 0 heterocycles. The molecule has 0 aliphatic carbocycles. The van der Waals surface area contributed by atoms with Crippen molar-refractivity contribution in [2.75, 3.05) is 0 Å². The summed E-state index contributed by atoms with van der Waals surface area (Å²) in [5, 5.41) is 107. The van der Waals surface area contributed by atoms with Gasteiger partial charge in [0.25, 0.3) is 0 Å². The van der Waals surface area contributed by atoms with E-state index < -0.39 is 72.4 Å². The van der Waals surface area contributed by atoms with Gasteiger partial charge >= 0.3 is 65.4 Å². The SMILES string of the molecule is O=C([O-])C(O)C(O)C(=O)[O-].O=C([O-])C(O)C(O)C(=O)[O-].O=C([O-])C(O)C(O)C(=O)[O-].[Y+3].[Y+3]. The fourth-order valence-corrected chi connectivity index (χ4v) is 0.773. The number of carbonyl (C=O) groups excluding carboxylic acids is 6. The molecule has 0 saturated heterocycles. The van der Waals surface area contributed by atoms with Crippen molar-refractivity contribution in [3.8, 4) is 0 Å². The van der Waals surface area contributed by atoms with Gasteiger partial charge in [0, 0.05) is 0 Å². The topological polar surface area (TPSA) is 362 Å². The van der Waals surface area contributed by atoms with Crippen molar-refractivity contribution in [2.24, 2.45) is 0 Å². The number of carboxylic acids is 6. The van der Waals surface area contributed by atoms with E-state index in [1.54, 1.807) is 0 Å². The van der Waals surface area contributed by atoms with Crippen LogP contribution in [0.2, 0.25) is 0 Å². The summed E-state index contributed by atoms with van der Waals surface area (Å²) in [5.41, 5.74) is 0. The molecule has 0 amide bonds. The summed E-state index contributed by atoms with van der Waals surface area (Å²) in [7, 11) is 0. The zero-order chi connectivity index (χ0) is 24.9. The number of hydrogen-bond donors (Lipinski definition) is 6. The molecule has 0 spiro atoms. The third kappa shape index (κ3) is 18.4. The molecule has 0 aromatic rings. The Morgan fingerprint density at radius 3 is 0.438 bits per heavy atom. The quantitative estimate of drug-likeness (QED) is 0.139. The van der Waals surface area contributed by atoms with Gasteiger partial charge < -0.3 is 90.0 Å². The van der Waals surface area contributed by atoms with Gasteiger partial charge in [0.2, 0.25) is 0 Å². The number of aliphatic hydroxyl groups excluding tert-OH is 6. The fourth-order valence-electron chi connectivity index (χ4n) is 0.773. The molecule has 174 valence electrons. The summed E-state index contributed by atoms with van der Waals surface area (Å²) in [6.07, 6.45) is -14.6. The van der Waals surface area contributed by atoms with E-state index in [0.29, 0.717) is 0 Å². The normalized spacial score (nSPS) is 14.8. The first-order valence-corrected chi connectivity index (χ1v) is 6.73. The minimum absolute atomic E-state index is 0. The maximum absolute atomic E-state index is 9.63. The Kier molecular flexibility index (Phi) is 26.2. The largest absolute Gasteiger partial charge is 3.00 e. The zero-order valence-corrected chi connectivity index (χ0v) is 20.9. The van der Waals surface area contributed by atoms with Gasteiger partial charge in [-0.3, -0.25) is 0 Å². The molecule has 0 saturated carbocycles. The molecular weight excluding hydrogens is 610 g/mol. The Balaban J connectivity index is -0.000000110. The third-order valence-corrected chi connectivity index (χ3v) is 2.35. The second-order valence-electron chi connectivity index (χ2n) is 4.58. The molecule has 6 N–H and O–H groups in total. The number of carbonyl (C=O) groups is 6. The molecule has 0 aromatic heterocycles. The third-order valence-electron chi connectivity index (χ3n) is 2.35. The van der Waals surface area contributed by atoms with Crippen LogP contribution >= 0.6 is 0 Å². The van der Waals surface area contributed by atoms with Crippen LogP contribution in [-0.4, -0.2) is 103 Å². The first-order valence-electron chi connectivity index (χ1n) is 6.73. The molecule has 32 heavy (non-hydrogen) atoms. The van der Waals surface area contributed by atoms with Crippen LogP contribution in [0.25, 0.3) is 0 Å². The monoisotopic (exact) mass is 622 g/mol. The minimum Gasteiger partial charge on any atom is -0.547 e. The van der Waals surface area contributed by atoms with Crippen LogP contribution < -0.4 is 30.6 Å². The van der Waals surface area contributed by atoms with Crippen LogP contribution in [0.5, 0.6) is 0 Å². The van der Waals surface area contributed by atoms with E-state index in [1.807, 2.05) is 0 Å². The number of carboxylic acid groups (broad SMARTS) is 6. The summed E-state index contributed by atoms with van der Waals surface area (Å²) in [6.45, 7) is 0. The zero-order valence-electron chi connectivity index (χ0n) is 15.2. The van der Waals surface area contributed by atoms with Gasteiger partial charge in [0.15, 0.2) is 0 Å². The smallest absolute Gasteiger partial charge is 0.547 e. The molecule has 0 aliphatic heterocycles. The van der Waals surface area contributed by atoms with Crippen molar-refractivity contribution >= 4 is 35.8 Å². The van der Waals surface area contributed by atoms with Crippen LogP contribution in [-0.2, 0) is 94.2 Å². The number of aliphatic hydroxyl groups is 6. The van der Waals surface area contributed by atoms with E-state index in [4.69, 9.17) is 30.6 Å². The Morgan fingerprint density at radius 1 is 0.344 bits per heavy atom. The van der Waals surface area contributed by atoms with Gasteiger partial charge in [-0.05, 0) is 0 Å². The molecule has 0 radical (unpaired) electrons. The number of rotatable bonds is 9. The maximum Gasteiger partial charge on any atom is 3.00 e. The van der Waals surface area contributed by atoms with Crippen LogP contribution in [0, 0.1) is 0 Å². The molecule has 0 fully saturated rings. The molecule has 18 nitrogen and oxygen atoms in total. The molecule has 6 atom stereocenters. The van der Waals surface area contributed by atoms with E-state index in [9.17, 15) is 59.4 Å². The summed E-state index contributed by atoms with van der Waals surface area (Å²) >= 11 is 0. The Hall–Kier alpha value is -1.21. The number of hydrogen-bond acceptors (Lipinski definition) is 18. The van der Waals surface area contributed by atoms with E-state index in [1.165, 1.54) is 0 Å². The molecule has 0 aliphatic rings. The van der Waals surface area contributed by atoms with Gasteiger partial charge in [-0.25, -0.2) is 0 Å². The summed E-state index contributed by atoms with van der Waals surface area (Å²) in [6, 6.07) is 0. The van der Waals surface area contributed by atoms with Crippen LogP contribution in [0.1, 0.15) is 0 Å². The van der Waals surface area contributed by atoms with Crippen molar-refractivity contribution in [3.05, 3.63) is 0 Å². The molecule has 20 heteroatoms. The summed E-state index contributed by atoms with van der Waals surface area (Å²) in [4.78, 5) is 57.8. The maximum atomic E-state index is 9.63. The first-order chi connectivity index (χ1) is 13.4.